The molecule has 1 saturated carbocycles. The van der Waals surface area contributed by atoms with E-state index in [1.165, 1.54) is 18.4 Å². The van der Waals surface area contributed by atoms with Crippen LogP contribution in [0.3, 0.4) is 0 Å². The fourth-order valence-electron chi connectivity index (χ4n) is 4.16. The van der Waals surface area contributed by atoms with Crippen LogP contribution in [0.4, 0.5) is 17.1 Å². The van der Waals surface area contributed by atoms with Gasteiger partial charge in [0.15, 0.2) is 0 Å². The molecule has 1 aliphatic carbocycles. The van der Waals surface area contributed by atoms with E-state index >= 15 is 0 Å². The summed E-state index contributed by atoms with van der Waals surface area (Å²) in [4.78, 5) is 17.7. The number of methoxy groups -OCH3 is 1. The summed E-state index contributed by atoms with van der Waals surface area (Å²) in [6.07, 6.45) is 3.99. The van der Waals surface area contributed by atoms with Gasteiger partial charge in [-0.1, -0.05) is 36.4 Å². The lowest BCUT2D eigenvalue weighted by Crippen LogP contribution is -2.14. The molecule has 4 aromatic rings. The summed E-state index contributed by atoms with van der Waals surface area (Å²) in [6.45, 7) is 1.38. The summed E-state index contributed by atoms with van der Waals surface area (Å²) in [5, 5.41) is 7.39. The molecule has 1 fully saturated rings. The maximum Gasteiger partial charge on any atom is 0.257 e. The fraction of sp³-hybridized carbons (Fsp3) is 0.214. The van der Waals surface area contributed by atoms with E-state index < -0.39 is 0 Å². The van der Waals surface area contributed by atoms with Crippen LogP contribution in [0.25, 0.3) is 22.0 Å². The second-order valence-electron chi connectivity index (χ2n) is 8.67. The molecule has 1 amide bonds. The first kappa shape index (κ1) is 21.9. The molecule has 3 aromatic carbocycles. The molecule has 0 unspecified atom stereocenters. The van der Waals surface area contributed by atoms with Crippen molar-refractivity contribution in [3.8, 4) is 11.1 Å². The number of carbonyl (C=O) groups is 1. The summed E-state index contributed by atoms with van der Waals surface area (Å²) in [5.41, 5.74) is 13.1. The van der Waals surface area contributed by atoms with Gasteiger partial charge < -0.3 is 21.1 Å². The maximum atomic E-state index is 13.1. The molecule has 172 valence electrons. The Morgan fingerprint density at radius 2 is 1.85 bits per heavy atom. The highest BCUT2D eigenvalue weighted by molar-refractivity contribution is 6.07. The summed E-state index contributed by atoms with van der Waals surface area (Å²) in [6, 6.07) is 21.8. The Labute approximate surface area is 199 Å². The van der Waals surface area contributed by atoms with Crippen LogP contribution in [0.15, 0.2) is 72.9 Å². The van der Waals surface area contributed by atoms with Crippen molar-refractivity contribution in [2.45, 2.75) is 18.8 Å². The molecule has 0 radical (unpaired) electrons. The highest BCUT2D eigenvalue weighted by Crippen LogP contribution is 2.44. The van der Waals surface area contributed by atoms with Gasteiger partial charge in [-0.3, -0.25) is 9.78 Å². The van der Waals surface area contributed by atoms with Crippen LogP contribution in [0.2, 0.25) is 0 Å². The lowest BCUT2D eigenvalue weighted by molar-refractivity contribution is 0.102. The summed E-state index contributed by atoms with van der Waals surface area (Å²) < 4.78 is 5.17. The molecule has 1 aliphatic rings. The smallest absolute Gasteiger partial charge is 0.257 e. The highest BCUT2D eigenvalue weighted by atomic mass is 16.5. The lowest BCUT2D eigenvalue weighted by atomic mass is 10.0. The van der Waals surface area contributed by atoms with E-state index in [9.17, 15) is 4.79 Å². The Balaban J connectivity index is 1.41. The van der Waals surface area contributed by atoms with E-state index in [0.29, 0.717) is 29.5 Å². The highest BCUT2D eigenvalue weighted by Gasteiger charge is 2.26. The third-order valence-electron chi connectivity index (χ3n) is 6.16. The Morgan fingerprint density at radius 1 is 1.03 bits per heavy atom. The largest absolute Gasteiger partial charge is 0.397 e. The number of rotatable bonds is 8. The first-order valence-corrected chi connectivity index (χ1v) is 11.5. The van der Waals surface area contributed by atoms with Gasteiger partial charge in [0.2, 0.25) is 0 Å². The number of pyridine rings is 1. The molecule has 4 N–H and O–H groups in total. The van der Waals surface area contributed by atoms with Crippen molar-refractivity contribution >= 4 is 33.9 Å². The van der Waals surface area contributed by atoms with E-state index in [1.54, 1.807) is 13.3 Å². The molecule has 6 nitrogen and oxygen atoms in total. The van der Waals surface area contributed by atoms with E-state index in [0.717, 1.165) is 34.3 Å². The number of hydrogen-bond donors (Lipinski definition) is 3. The molecule has 34 heavy (non-hydrogen) atoms. The molecule has 0 saturated heterocycles. The number of hydrogen-bond acceptors (Lipinski definition) is 5. The molecule has 0 atom stereocenters. The first-order chi connectivity index (χ1) is 16.6. The van der Waals surface area contributed by atoms with Gasteiger partial charge in [0.05, 0.1) is 29.1 Å². The first-order valence-electron chi connectivity index (χ1n) is 11.5. The Kier molecular flexibility index (Phi) is 6.14. The third kappa shape index (κ3) is 4.72. The van der Waals surface area contributed by atoms with Crippen molar-refractivity contribution in [3.05, 3.63) is 84.1 Å². The second-order valence-corrected chi connectivity index (χ2v) is 8.67. The summed E-state index contributed by atoms with van der Waals surface area (Å²) >= 11 is 0. The number of nitrogen functional groups attached to an aromatic ring is 1. The molecule has 0 bridgehead atoms. The minimum atomic E-state index is -0.235. The second kappa shape index (κ2) is 9.53. The number of amides is 1. The van der Waals surface area contributed by atoms with Crippen molar-refractivity contribution in [2.75, 3.05) is 36.6 Å². The SMILES string of the molecule is COCCNc1cc2ncc(C(=O)Nc3cc(-c4ccccc4)ccc3N)cc2cc1C1CC1. The number of fused-ring (bicyclic) bond motifs is 1. The number of nitrogens with one attached hydrogen (secondary N) is 2. The molecular weight excluding hydrogens is 424 g/mol. The van der Waals surface area contributed by atoms with Crippen LogP contribution in [0.5, 0.6) is 0 Å². The van der Waals surface area contributed by atoms with Gasteiger partial charge in [0.25, 0.3) is 5.91 Å². The van der Waals surface area contributed by atoms with Crippen LogP contribution in [-0.2, 0) is 4.74 Å². The number of nitrogens with two attached hydrogens (primary N) is 1. The number of aromatic nitrogens is 1. The predicted octanol–water partition coefficient (Wildman–Crippen LogP) is 5.67. The summed E-state index contributed by atoms with van der Waals surface area (Å²) in [7, 11) is 1.70. The number of carbonyl (C=O) groups excluding carboxylic acids is 1. The zero-order valence-corrected chi connectivity index (χ0v) is 19.2. The van der Waals surface area contributed by atoms with Gasteiger partial charge in [-0.2, -0.15) is 0 Å². The summed E-state index contributed by atoms with van der Waals surface area (Å²) in [5.74, 6) is 0.328. The minimum Gasteiger partial charge on any atom is -0.397 e. The molecule has 6 heteroatoms. The third-order valence-corrected chi connectivity index (χ3v) is 6.16. The Bertz CT molecular complexity index is 1330. The van der Waals surface area contributed by atoms with E-state index in [2.05, 4.69) is 27.8 Å². The standard InChI is InChI=1S/C28H28N4O2/c1-34-12-11-30-26-16-25-21(14-23(26)19-7-8-19)13-22(17-31-25)28(33)32-27-15-20(9-10-24(27)29)18-5-3-2-4-6-18/h2-6,9-10,13-17,19,30H,7-8,11-12,29H2,1H3,(H,32,33). The topological polar surface area (TPSA) is 89.3 Å². The molecule has 0 aliphatic heterocycles. The Morgan fingerprint density at radius 3 is 2.62 bits per heavy atom. The average Bonchev–Trinajstić information content (AvgIpc) is 3.71. The zero-order chi connectivity index (χ0) is 23.5. The minimum absolute atomic E-state index is 0.235. The molecule has 1 aromatic heterocycles. The molecule has 0 spiro atoms. The van der Waals surface area contributed by atoms with Crippen LogP contribution in [0.1, 0.15) is 34.7 Å². The number of anilines is 3. The lowest BCUT2D eigenvalue weighted by Gasteiger charge is -2.14. The monoisotopic (exact) mass is 452 g/mol. The number of benzene rings is 3. The van der Waals surface area contributed by atoms with Crippen molar-refractivity contribution in [3.63, 3.8) is 0 Å². The van der Waals surface area contributed by atoms with Crippen molar-refractivity contribution < 1.29 is 9.53 Å². The predicted molar refractivity (Wildman–Crippen MR) is 138 cm³/mol. The number of ether oxygens (including phenoxy) is 1. The van der Waals surface area contributed by atoms with Gasteiger partial charge in [0, 0.05) is 30.9 Å². The zero-order valence-electron chi connectivity index (χ0n) is 19.2. The fourth-order valence-corrected chi connectivity index (χ4v) is 4.16. The quantitative estimate of drug-likeness (QED) is 0.237. The van der Waals surface area contributed by atoms with E-state index in [-0.39, 0.29) is 5.91 Å². The van der Waals surface area contributed by atoms with E-state index in [4.69, 9.17) is 10.5 Å². The average molecular weight is 453 g/mol. The Hall–Kier alpha value is -3.90. The molecule has 1 heterocycles. The van der Waals surface area contributed by atoms with Crippen LogP contribution in [0, 0.1) is 0 Å². The number of nitrogens with zero attached hydrogens (tertiary/aromatic N) is 1. The van der Waals surface area contributed by atoms with E-state index in [1.807, 2.05) is 54.6 Å². The van der Waals surface area contributed by atoms with Gasteiger partial charge in [-0.05, 0) is 65.8 Å². The van der Waals surface area contributed by atoms with Gasteiger partial charge in [0.1, 0.15) is 0 Å². The molecular formula is C28H28N4O2. The van der Waals surface area contributed by atoms with Crippen molar-refractivity contribution in [1.82, 2.24) is 4.98 Å². The van der Waals surface area contributed by atoms with Gasteiger partial charge in [-0.25, -0.2) is 0 Å². The van der Waals surface area contributed by atoms with Crippen LogP contribution < -0.4 is 16.4 Å². The van der Waals surface area contributed by atoms with Gasteiger partial charge >= 0.3 is 0 Å². The van der Waals surface area contributed by atoms with Crippen LogP contribution in [-0.4, -0.2) is 31.2 Å². The van der Waals surface area contributed by atoms with Crippen molar-refractivity contribution in [2.24, 2.45) is 0 Å². The molecule has 5 rings (SSSR count). The normalized spacial score (nSPS) is 13.1. The van der Waals surface area contributed by atoms with Gasteiger partial charge in [-0.15, -0.1) is 0 Å². The van der Waals surface area contributed by atoms with Crippen LogP contribution >= 0.6 is 0 Å². The maximum absolute atomic E-state index is 13.1. The van der Waals surface area contributed by atoms with Crippen molar-refractivity contribution in [1.29, 1.82) is 0 Å².